The van der Waals surface area contributed by atoms with E-state index in [0.717, 1.165) is 6.42 Å². The molecule has 3 atom stereocenters. The maximum absolute atomic E-state index is 12.6. The van der Waals surface area contributed by atoms with E-state index in [1.807, 2.05) is 6.92 Å². The molecule has 3 saturated carbocycles. The van der Waals surface area contributed by atoms with Gasteiger partial charge in [0.25, 0.3) is 0 Å². The van der Waals surface area contributed by atoms with Crippen LogP contribution in [0.15, 0.2) is 0 Å². The zero-order valence-corrected chi connectivity index (χ0v) is 14.9. The first-order valence-electron chi connectivity index (χ1n) is 6.64. The van der Waals surface area contributed by atoms with Gasteiger partial charge in [0.05, 0.1) is 0 Å². The summed E-state index contributed by atoms with van der Waals surface area (Å²) in [6, 6.07) is 0. The van der Waals surface area contributed by atoms with Gasteiger partial charge in [-0.1, -0.05) is 0 Å². The second-order valence-corrected chi connectivity index (χ2v) is 12.5. The number of hydrogen-bond donors (Lipinski definition) is 2. The number of carbonyl (C=O) groups excluding carboxylic acids is 1. The van der Waals surface area contributed by atoms with Crippen molar-refractivity contribution < 1.29 is 9.53 Å². The van der Waals surface area contributed by atoms with E-state index in [9.17, 15) is 4.79 Å². The molecule has 3 unspecified atom stereocenters. The van der Waals surface area contributed by atoms with Gasteiger partial charge in [0.1, 0.15) is 0 Å². The fraction of sp³-hybridized carbons (Fsp3) is 0.917. The van der Waals surface area contributed by atoms with E-state index in [1.165, 1.54) is 19.3 Å². The predicted molar refractivity (Wildman–Crippen MR) is 85.4 cm³/mol. The molecule has 2 saturated heterocycles. The molecule has 3 aliphatic carbocycles. The standard InChI is InChI=1S/C12H18I2N2O2/c1-3-11(7-4-5-8(11)6-7)18-9(17)10(2,13)12-14(15-12)16-12/h7-8,15-16H,3-6H2,1-2H3. The minimum absolute atomic E-state index is 0.00106. The molecule has 0 aromatic rings. The van der Waals surface area contributed by atoms with Gasteiger partial charge in [0, 0.05) is 0 Å². The Kier molecular flexibility index (Phi) is 2.47. The summed E-state index contributed by atoms with van der Waals surface area (Å²) in [4.78, 5) is 12.6. The van der Waals surface area contributed by atoms with Crippen LogP contribution in [0.4, 0.5) is 0 Å². The molecule has 5 fully saturated rings. The van der Waals surface area contributed by atoms with E-state index < -0.39 is 23.8 Å². The molecule has 0 aromatic carbocycles. The number of hydrogen-bond acceptors (Lipinski definition) is 4. The minimum atomic E-state index is -1.09. The molecule has 2 N–H and O–H groups in total. The van der Waals surface area contributed by atoms with E-state index in [-0.39, 0.29) is 15.2 Å². The van der Waals surface area contributed by atoms with E-state index in [2.05, 4.69) is 36.6 Å². The molecule has 0 spiro atoms. The Morgan fingerprint density at radius 2 is 2.06 bits per heavy atom. The van der Waals surface area contributed by atoms with Gasteiger partial charge in [-0.25, -0.2) is 0 Å². The Morgan fingerprint density at radius 3 is 2.44 bits per heavy atom. The number of carbonyl (C=O) groups is 1. The SMILES string of the molecule is CCC1(OC(=O)C(C)(I)C23NI2N3)C2CCC1C2. The van der Waals surface area contributed by atoms with Crippen molar-refractivity contribution in [1.29, 1.82) is 0 Å². The van der Waals surface area contributed by atoms with Crippen molar-refractivity contribution in [2.45, 2.75) is 52.2 Å². The molecule has 6 heteroatoms. The number of rotatable bonds is 4. The van der Waals surface area contributed by atoms with E-state index in [1.54, 1.807) is 0 Å². The van der Waals surface area contributed by atoms with Gasteiger partial charge in [-0.15, -0.1) is 0 Å². The van der Waals surface area contributed by atoms with Crippen molar-refractivity contribution in [3.05, 3.63) is 0 Å². The number of nitrogens with one attached hydrogen (secondary N) is 2. The third kappa shape index (κ3) is 1.31. The van der Waals surface area contributed by atoms with Crippen LogP contribution in [0.5, 0.6) is 0 Å². The van der Waals surface area contributed by atoms with Crippen LogP contribution in [-0.2, 0) is 9.53 Å². The average molecular weight is 476 g/mol. The first-order valence-corrected chi connectivity index (χ1v) is 11.0. The van der Waals surface area contributed by atoms with Crippen LogP contribution in [0.3, 0.4) is 0 Å². The predicted octanol–water partition coefficient (Wildman–Crippen LogP) is 2.50. The van der Waals surface area contributed by atoms with E-state index in [0.29, 0.717) is 11.8 Å². The normalized spacial score (nSPS) is 46.7. The van der Waals surface area contributed by atoms with Crippen molar-refractivity contribution in [3.8, 4) is 0 Å². The summed E-state index contributed by atoms with van der Waals surface area (Å²) < 4.78 is 12.5. The van der Waals surface area contributed by atoms with Gasteiger partial charge in [-0.3, -0.25) is 0 Å². The number of fused-ring (bicyclic) bond motifs is 2. The Morgan fingerprint density at radius 1 is 1.50 bits per heavy atom. The van der Waals surface area contributed by atoms with Crippen LogP contribution in [-0.4, -0.2) is 18.7 Å². The van der Waals surface area contributed by atoms with Crippen molar-refractivity contribution in [1.82, 2.24) is 7.06 Å². The van der Waals surface area contributed by atoms with Gasteiger partial charge < -0.3 is 0 Å². The number of esters is 1. The van der Waals surface area contributed by atoms with Crippen LogP contribution < -0.4 is 7.06 Å². The topological polar surface area (TPSA) is 70.2 Å². The molecular weight excluding hydrogens is 458 g/mol. The fourth-order valence-electron chi connectivity index (χ4n) is 3.85. The Bertz CT molecular complexity index is 420. The Hall–Kier alpha value is 0.850. The summed E-state index contributed by atoms with van der Waals surface area (Å²) in [5.41, 5.74) is -0.108. The fourth-order valence-corrected chi connectivity index (χ4v) is 11.6. The molecule has 4 nitrogen and oxygen atoms in total. The third-order valence-electron chi connectivity index (χ3n) is 5.34. The van der Waals surface area contributed by atoms with E-state index in [4.69, 9.17) is 4.74 Å². The van der Waals surface area contributed by atoms with Crippen molar-refractivity contribution in [2.24, 2.45) is 11.8 Å². The summed E-state index contributed by atoms with van der Waals surface area (Å²) in [6.45, 7) is 4.19. The summed E-state index contributed by atoms with van der Waals surface area (Å²) in [6.07, 6.45) is 4.77. The zero-order valence-electron chi connectivity index (χ0n) is 10.6. The molecule has 5 aliphatic rings. The van der Waals surface area contributed by atoms with E-state index >= 15 is 0 Å². The summed E-state index contributed by atoms with van der Waals surface area (Å²) in [5, 5.41) is 0. The van der Waals surface area contributed by atoms with Gasteiger partial charge in [0.2, 0.25) is 0 Å². The molecule has 5 rings (SSSR count). The molecule has 18 heavy (non-hydrogen) atoms. The Labute approximate surface area is 129 Å². The van der Waals surface area contributed by atoms with Crippen LogP contribution in [0.25, 0.3) is 0 Å². The first-order chi connectivity index (χ1) is 8.46. The second kappa shape index (κ2) is 3.54. The molecule has 2 bridgehead atoms. The molecule has 2 aliphatic heterocycles. The van der Waals surface area contributed by atoms with Crippen LogP contribution in [0.2, 0.25) is 0 Å². The molecular formula is C12H18I2N2O2. The summed E-state index contributed by atoms with van der Waals surface area (Å²) >= 11 is 1.19. The number of ether oxygens (including phenoxy) is 1. The molecule has 0 radical (unpaired) electrons. The molecule has 2 heterocycles. The van der Waals surface area contributed by atoms with Crippen LogP contribution >= 0.6 is 43.0 Å². The number of alkyl halides is 2. The van der Waals surface area contributed by atoms with Crippen LogP contribution in [0.1, 0.15) is 39.5 Å². The molecule has 0 aromatic heterocycles. The Balaban J connectivity index is 1.53. The van der Waals surface area contributed by atoms with Crippen LogP contribution in [0, 0.1) is 11.8 Å². The second-order valence-electron chi connectivity index (χ2n) is 6.04. The molecule has 0 amide bonds. The average Bonchev–Trinajstić information content (AvgIpc) is 3.07. The van der Waals surface area contributed by atoms with Gasteiger partial charge in [-0.05, 0) is 0 Å². The van der Waals surface area contributed by atoms with Gasteiger partial charge in [-0.2, -0.15) is 0 Å². The molecule has 102 valence electrons. The third-order valence-corrected chi connectivity index (χ3v) is 12.5. The number of halogens is 2. The maximum atomic E-state index is 12.6. The summed E-state index contributed by atoms with van der Waals surface area (Å²) in [7, 11) is 0. The quantitative estimate of drug-likeness (QED) is 0.164. The van der Waals surface area contributed by atoms with Crippen molar-refractivity contribution in [3.63, 3.8) is 0 Å². The van der Waals surface area contributed by atoms with Gasteiger partial charge in [0.15, 0.2) is 0 Å². The monoisotopic (exact) mass is 476 g/mol. The summed E-state index contributed by atoms with van der Waals surface area (Å²) in [5.74, 6) is 1.27. The van der Waals surface area contributed by atoms with Crippen molar-refractivity contribution in [2.75, 3.05) is 0 Å². The van der Waals surface area contributed by atoms with Gasteiger partial charge >= 0.3 is 130 Å². The van der Waals surface area contributed by atoms with Crippen molar-refractivity contribution >= 4 is 48.9 Å². The zero-order chi connectivity index (χ0) is 12.8. The first kappa shape index (κ1) is 12.6.